The van der Waals surface area contributed by atoms with Crippen LogP contribution in [0.5, 0.6) is 0 Å². The van der Waals surface area contributed by atoms with Gasteiger partial charge >= 0.3 is 5.97 Å². The SMILES string of the molecule is O=C(O)c1cc2cc(NC(=O)C(O)Cc3ccccc3)ccc2[nH]1. The number of aromatic nitrogens is 1. The molecule has 1 aromatic heterocycles. The first-order valence-corrected chi connectivity index (χ1v) is 7.42. The predicted octanol–water partition coefficient (Wildman–Crippen LogP) is 2.41. The highest BCUT2D eigenvalue weighted by Crippen LogP contribution is 2.20. The Labute approximate surface area is 137 Å². The van der Waals surface area contributed by atoms with Crippen LogP contribution in [0.1, 0.15) is 16.1 Å². The average Bonchev–Trinajstić information content (AvgIpc) is 2.99. The van der Waals surface area contributed by atoms with E-state index in [0.717, 1.165) is 5.56 Å². The van der Waals surface area contributed by atoms with Crippen LogP contribution in [0.15, 0.2) is 54.6 Å². The third-order valence-corrected chi connectivity index (χ3v) is 3.69. The number of carbonyl (C=O) groups excluding carboxylic acids is 1. The van der Waals surface area contributed by atoms with Crippen molar-refractivity contribution in [3.8, 4) is 0 Å². The summed E-state index contributed by atoms with van der Waals surface area (Å²) in [5.41, 5.74) is 2.11. The lowest BCUT2D eigenvalue weighted by atomic mass is 10.1. The zero-order valence-corrected chi connectivity index (χ0v) is 12.7. The Balaban J connectivity index is 1.71. The molecule has 1 atom stereocenters. The lowest BCUT2D eigenvalue weighted by Gasteiger charge is -2.11. The molecule has 0 spiro atoms. The first-order chi connectivity index (χ1) is 11.5. The van der Waals surface area contributed by atoms with Gasteiger partial charge in [0.1, 0.15) is 11.8 Å². The third kappa shape index (κ3) is 3.44. The number of rotatable bonds is 5. The van der Waals surface area contributed by atoms with Gasteiger partial charge in [0.15, 0.2) is 0 Å². The van der Waals surface area contributed by atoms with Gasteiger partial charge in [0.2, 0.25) is 0 Å². The highest BCUT2D eigenvalue weighted by atomic mass is 16.4. The number of benzene rings is 2. The van der Waals surface area contributed by atoms with Crippen molar-refractivity contribution >= 4 is 28.5 Å². The van der Waals surface area contributed by atoms with Gasteiger partial charge in [-0.2, -0.15) is 0 Å². The Morgan fingerprint density at radius 2 is 1.83 bits per heavy atom. The fourth-order valence-corrected chi connectivity index (χ4v) is 2.48. The van der Waals surface area contributed by atoms with Gasteiger partial charge in [0.05, 0.1) is 0 Å². The molecule has 1 amide bonds. The van der Waals surface area contributed by atoms with Crippen LogP contribution in [0.4, 0.5) is 5.69 Å². The van der Waals surface area contributed by atoms with E-state index in [9.17, 15) is 14.7 Å². The van der Waals surface area contributed by atoms with Gasteiger partial charge in [0.25, 0.3) is 5.91 Å². The van der Waals surface area contributed by atoms with E-state index in [1.165, 1.54) is 6.07 Å². The average molecular weight is 324 g/mol. The summed E-state index contributed by atoms with van der Waals surface area (Å²) in [6.07, 6.45) is -0.939. The van der Waals surface area contributed by atoms with Crippen LogP contribution in [-0.2, 0) is 11.2 Å². The Hall–Kier alpha value is -3.12. The van der Waals surface area contributed by atoms with E-state index < -0.39 is 18.0 Å². The molecule has 0 aliphatic heterocycles. The van der Waals surface area contributed by atoms with E-state index in [4.69, 9.17) is 5.11 Å². The van der Waals surface area contributed by atoms with Crippen LogP contribution < -0.4 is 5.32 Å². The topological polar surface area (TPSA) is 102 Å². The fourth-order valence-electron chi connectivity index (χ4n) is 2.48. The number of hydrogen-bond donors (Lipinski definition) is 4. The molecule has 0 aliphatic rings. The number of aliphatic hydroxyl groups excluding tert-OH is 1. The van der Waals surface area contributed by atoms with E-state index in [1.807, 2.05) is 30.3 Å². The van der Waals surface area contributed by atoms with Gasteiger partial charge in [-0.3, -0.25) is 4.79 Å². The van der Waals surface area contributed by atoms with Crippen LogP contribution >= 0.6 is 0 Å². The minimum atomic E-state index is -1.16. The zero-order chi connectivity index (χ0) is 17.1. The highest BCUT2D eigenvalue weighted by Gasteiger charge is 2.16. The summed E-state index contributed by atoms with van der Waals surface area (Å²) >= 11 is 0. The summed E-state index contributed by atoms with van der Waals surface area (Å²) in [6.45, 7) is 0. The number of carboxylic acid groups (broad SMARTS) is 1. The Bertz CT molecular complexity index is 886. The van der Waals surface area contributed by atoms with Crippen molar-refractivity contribution < 1.29 is 19.8 Å². The maximum Gasteiger partial charge on any atom is 0.352 e. The first kappa shape index (κ1) is 15.8. The molecule has 2 aromatic carbocycles. The molecule has 1 unspecified atom stereocenters. The normalized spacial score (nSPS) is 12.0. The van der Waals surface area contributed by atoms with Crippen molar-refractivity contribution in [2.45, 2.75) is 12.5 Å². The van der Waals surface area contributed by atoms with Crippen molar-refractivity contribution in [3.05, 3.63) is 65.9 Å². The minimum Gasteiger partial charge on any atom is -0.477 e. The second kappa shape index (κ2) is 6.55. The molecule has 1 heterocycles. The number of anilines is 1. The summed E-state index contributed by atoms with van der Waals surface area (Å²) in [7, 11) is 0. The quantitative estimate of drug-likeness (QED) is 0.579. The van der Waals surface area contributed by atoms with Gasteiger partial charge < -0.3 is 20.5 Å². The van der Waals surface area contributed by atoms with Crippen LogP contribution in [0.25, 0.3) is 10.9 Å². The number of aromatic carboxylic acids is 1. The molecular formula is C18H16N2O4. The maximum absolute atomic E-state index is 12.1. The lowest BCUT2D eigenvalue weighted by Crippen LogP contribution is -2.29. The summed E-state index contributed by atoms with van der Waals surface area (Å²) in [5.74, 6) is -1.55. The number of amides is 1. The fraction of sp³-hybridized carbons (Fsp3) is 0.111. The van der Waals surface area contributed by atoms with Gasteiger partial charge in [0, 0.05) is 23.0 Å². The van der Waals surface area contributed by atoms with Crippen molar-refractivity contribution in [1.29, 1.82) is 0 Å². The van der Waals surface area contributed by atoms with Gasteiger partial charge in [-0.15, -0.1) is 0 Å². The Kier molecular flexibility index (Phi) is 4.31. The maximum atomic E-state index is 12.1. The Morgan fingerprint density at radius 3 is 2.54 bits per heavy atom. The van der Waals surface area contributed by atoms with E-state index in [-0.39, 0.29) is 12.1 Å². The van der Waals surface area contributed by atoms with E-state index in [2.05, 4.69) is 10.3 Å². The third-order valence-electron chi connectivity index (χ3n) is 3.69. The molecule has 6 nitrogen and oxygen atoms in total. The number of hydrogen-bond acceptors (Lipinski definition) is 3. The van der Waals surface area contributed by atoms with Gasteiger partial charge in [-0.1, -0.05) is 30.3 Å². The number of nitrogens with one attached hydrogen (secondary N) is 2. The van der Waals surface area contributed by atoms with Crippen molar-refractivity contribution in [1.82, 2.24) is 4.98 Å². The monoisotopic (exact) mass is 324 g/mol. The van der Waals surface area contributed by atoms with Gasteiger partial charge in [-0.05, 0) is 29.8 Å². The first-order valence-electron chi connectivity index (χ1n) is 7.42. The molecule has 0 saturated heterocycles. The molecule has 0 saturated carbocycles. The Morgan fingerprint density at radius 1 is 1.08 bits per heavy atom. The number of aliphatic hydroxyl groups is 1. The number of fused-ring (bicyclic) bond motifs is 1. The smallest absolute Gasteiger partial charge is 0.352 e. The standard InChI is InChI=1S/C18H16N2O4/c21-16(8-11-4-2-1-3-5-11)17(22)19-13-6-7-14-12(9-13)10-15(20-14)18(23)24/h1-7,9-10,16,20-21H,8H2,(H,19,22)(H,23,24). The van der Waals surface area contributed by atoms with Crippen molar-refractivity contribution in [2.75, 3.05) is 5.32 Å². The molecule has 6 heteroatoms. The lowest BCUT2D eigenvalue weighted by molar-refractivity contribution is -0.123. The van der Waals surface area contributed by atoms with Gasteiger partial charge in [-0.25, -0.2) is 4.79 Å². The number of aromatic amines is 1. The number of carbonyl (C=O) groups is 2. The predicted molar refractivity (Wildman–Crippen MR) is 90.0 cm³/mol. The molecule has 4 N–H and O–H groups in total. The van der Waals surface area contributed by atoms with E-state index >= 15 is 0 Å². The molecule has 0 bridgehead atoms. The van der Waals surface area contributed by atoms with Crippen LogP contribution in [0, 0.1) is 0 Å². The molecule has 0 fully saturated rings. The second-order valence-corrected chi connectivity index (χ2v) is 5.48. The van der Waals surface area contributed by atoms with Crippen LogP contribution in [-0.4, -0.2) is 33.2 Å². The summed E-state index contributed by atoms with van der Waals surface area (Å²) in [6, 6.07) is 15.7. The highest BCUT2D eigenvalue weighted by molar-refractivity contribution is 5.98. The number of H-pyrrole nitrogens is 1. The van der Waals surface area contributed by atoms with Crippen molar-refractivity contribution in [2.24, 2.45) is 0 Å². The van der Waals surface area contributed by atoms with Crippen molar-refractivity contribution in [3.63, 3.8) is 0 Å². The summed E-state index contributed by atoms with van der Waals surface area (Å²) in [4.78, 5) is 25.8. The largest absolute Gasteiger partial charge is 0.477 e. The van der Waals surface area contributed by atoms with E-state index in [0.29, 0.717) is 16.6 Å². The molecule has 24 heavy (non-hydrogen) atoms. The summed E-state index contributed by atoms with van der Waals surface area (Å²) < 4.78 is 0. The second-order valence-electron chi connectivity index (χ2n) is 5.48. The molecule has 0 radical (unpaired) electrons. The number of carboxylic acids is 1. The molecule has 3 aromatic rings. The molecular weight excluding hydrogens is 308 g/mol. The molecule has 122 valence electrons. The molecule has 3 rings (SSSR count). The van der Waals surface area contributed by atoms with Crippen LogP contribution in [0.2, 0.25) is 0 Å². The van der Waals surface area contributed by atoms with Crippen LogP contribution in [0.3, 0.4) is 0 Å². The zero-order valence-electron chi connectivity index (χ0n) is 12.7. The molecule has 0 aliphatic carbocycles. The minimum absolute atomic E-state index is 0.0811. The summed E-state index contributed by atoms with van der Waals surface area (Å²) in [5, 5.41) is 22.3. The van der Waals surface area contributed by atoms with E-state index in [1.54, 1.807) is 18.2 Å².